The van der Waals surface area contributed by atoms with Crippen molar-refractivity contribution in [1.29, 1.82) is 0 Å². The lowest BCUT2D eigenvalue weighted by Crippen LogP contribution is -2.41. The van der Waals surface area contributed by atoms with Gasteiger partial charge in [-0.1, -0.05) is 11.6 Å². The Morgan fingerprint density at radius 1 is 1.12 bits per heavy atom. The van der Waals surface area contributed by atoms with Crippen LogP contribution in [0, 0.1) is 0 Å². The Morgan fingerprint density at radius 2 is 1.88 bits per heavy atom. The Bertz CT molecular complexity index is 669. The topological polar surface area (TPSA) is 78.7 Å². The Kier molecular flexibility index (Phi) is 7.85. The molecule has 0 atom stereocenters. The molecule has 0 aliphatic rings. The van der Waals surface area contributed by atoms with Crippen LogP contribution in [0.25, 0.3) is 0 Å². The van der Waals surface area contributed by atoms with E-state index in [2.05, 4.69) is 20.9 Å². The normalized spacial score (nSPS) is 11.2. The lowest BCUT2D eigenvalue weighted by Gasteiger charge is -2.11. The summed E-state index contributed by atoms with van der Waals surface area (Å²) in [4.78, 5) is 16.5. The lowest BCUT2D eigenvalue weighted by atomic mass is 10.2. The predicted octanol–water partition coefficient (Wildman–Crippen LogP) is 2.46. The third-order valence-corrected chi connectivity index (χ3v) is 3.61. The van der Waals surface area contributed by atoms with E-state index in [1.165, 1.54) is 0 Å². The molecule has 0 bridgehead atoms. The van der Waals surface area contributed by atoms with Crippen LogP contribution in [0.1, 0.15) is 23.0 Å². The minimum Gasteiger partial charge on any atom is -0.469 e. The van der Waals surface area contributed by atoms with E-state index >= 15 is 0 Å². The van der Waals surface area contributed by atoms with Crippen molar-refractivity contribution in [2.45, 2.75) is 13.3 Å². The number of benzene rings is 1. The fraction of sp³-hybridized carbons (Fsp3) is 0.333. The number of nitrogens with one attached hydrogen (secondary N) is 3. The third-order valence-electron chi connectivity index (χ3n) is 3.36. The SMILES string of the molecule is CCNC(=NCCc1ccco1)NCCNC(=O)c1ccc(Cl)cc1. The maximum Gasteiger partial charge on any atom is 0.251 e. The highest BCUT2D eigenvalue weighted by atomic mass is 35.5. The van der Waals surface area contributed by atoms with Gasteiger partial charge >= 0.3 is 0 Å². The van der Waals surface area contributed by atoms with Crippen LogP contribution in [0.2, 0.25) is 5.02 Å². The summed E-state index contributed by atoms with van der Waals surface area (Å²) in [5.41, 5.74) is 0.587. The zero-order valence-corrected chi connectivity index (χ0v) is 15.0. The molecule has 0 aliphatic heterocycles. The maximum absolute atomic E-state index is 12.0. The summed E-state index contributed by atoms with van der Waals surface area (Å²) in [6.45, 7) is 4.46. The number of nitrogens with zero attached hydrogens (tertiary/aromatic N) is 1. The van der Waals surface area contributed by atoms with E-state index in [0.29, 0.717) is 30.2 Å². The van der Waals surface area contributed by atoms with Crippen LogP contribution >= 0.6 is 11.6 Å². The summed E-state index contributed by atoms with van der Waals surface area (Å²) in [6, 6.07) is 10.6. The number of carbonyl (C=O) groups excluding carboxylic acids is 1. The van der Waals surface area contributed by atoms with Gasteiger partial charge in [-0.05, 0) is 43.3 Å². The fourth-order valence-corrected chi connectivity index (χ4v) is 2.26. The van der Waals surface area contributed by atoms with Crippen molar-refractivity contribution in [2.24, 2.45) is 4.99 Å². The number of guanidine groups is 1. The van der Waals surface area contributed by atoms with Crippen molar-refractivity contribution in [3.8, 4) is 0 Å². The Morgan fingerprint density at radius 3 is 2.56 bits per heavy atom. The Balaban J connectivity index is 1.71. The number of hydrogen-bond donors (Lipinski definition) is 3. The second-order valence-electron chi connectivity index (χ2n) is 5.28. The molecule has 1 aromatic heterocycles. The Labute approximate surface area is 152 Å². The Hall–Kier alpha value is -2.47. The molecule has 0 spiro atoms. The summed E-state index contributed by atoms with van der Waals surface area (Å²) in [5.74, 6) is 1.50. The van der Waals surface area contributed by atoms with E-state index in [-0.39, 0.29) is 5.91 Å². The monoisotopic (exact) mass is 362 g/mol. The van der Waals surface area contributed by atoms with Crippen LogP contribution < -0.4 is 16.0 Å². The van der Waals surface area contributed by atoms with Crippen molar-refractivity contribution in [2.75, 3.05) is 26.2 Å². The zero-order valence-electron chi connectivity index (χ0n) is 14.2. The van der Waals surface area contributed by atoms with E-state index < -0.39 is 0 Å². The van der Waals surface area contributed by atoms with Crippen LogP contribution in [0.15, 0.2) is 52.1 Å². The number of carbonyl (C=O) groups is 1. The molecule has 25 heavy (non-hydrogen) atoms. The van der Waals surface area contributed by atoms with E-state index in [1.807, 2.05) is 19.1 Å². The summed E-state index contributed by atoms with van der Waals surface area (Å²) in [6.07, 6.45) is 2.41. The van der Waals surface area contributed by atoms with Gasteiger partial charge in [0.25, 0.3) is 5.91 Å². The molecule has 1 amide bonds. The minimum absolute atomic E-state index is 0.127. The van der Waals surface area contributed by atoms with Crippen molar-refractivity contribution in [3.63, 3.8) is 0 Å². The van der Waals surface area contributed by atoms with E-state index in [1.54, 1.807) is 30.5 Å². The molecule has 0 aliphatic carbocycles. The average Bonchev–Trinajstić information content (AvgIpc) is 3.12. The van der Waals surface area contributed by atoms with Gasteiger partial charge in [0.2, 0.25) is 0 Å². The van der Waals surface area contributed by atoms with Gasteiger partial charge in [-0.2, -0.15) is 0 Å². The van der Waals surface area contributed by atoms with E-state index in [4.69, 9.17) is 16.0 Å². The van der Waals surface area contributed by atoms with Crippen molar-refractivity contribution in [3.05, 3.63) is 59.0 Å². The van der Waals surface area contributed by atoms with Crippen molar-refractivity contribution in [1.82, 2.24) is 16.0 Å². The molecule has 0 saturated heterocycles. The highest BCUT2D eigenvalue weighted by Gasteiger charge is 2.04. The smallest absolute Gasteiger partial charge is 0.251 e. The summed E-state index contributed by atoms with van der Waals surface area (Å²) in [7, 11) is 0. The molecule has 1 aromatic carbocycles. The molecule has 2 rings (SSSR count). The summed E-state index contributed by atoms with van der Waals surface area (Å²) >= 11 is 5.81. The van der Waals surface area contributed by atoms with Crippen LogP contribution in [-0.2, 0) is 6.42 Å². The second-order valence-corrected chi connectivity index (χ2v) is 5.72. The molecule has 1 heterocycles. The first-order chi connectivity index (χ1) is 12.2. The van der Waals surface area contributed by atoms with Crippen LogP contribution in [-0.4, -0.2) is 38.0 Å². The van der Waals surface area contributed by atoms with Gasteiger partial charge in [0, 0.05) is 43.2 Å². The first-order valence-corrected chi connectivity index (χ1v) is 8.65. The van der Waals surface area contributed by atoms with Gasteiger partial charge in [-0.25, -0.2) is 0 Å². The van der Waals surface area contributed by atoms with E-state index in [0.717, 1.165) is 24.7 Å². The molecule has 7 heteroatoms. The number of rotatable bonds is 8. The quantitative estimate of drug-likeness (QED) is 0.383. The predicted molar refractivity (Wildman–Crippen MR) is 100 cm³/mol. The van der Waals surface area contributed by atoms with Gasteiger partial charge in [0.05, 0.1) is 6.26 Å². The van der Waals surface area contributed by atoms with Gasteiger partial charge in [-0.3, -0.25) is 9.79 Å². The molecular formula is C18H23ClN4O2. The zero-order chi connectivity index (χ0) is 17.9. The number of furan rings is 1. The molecular weight excluding hydrogens is 340 g/mol. The van der Waals surface area contributed by atoms with Gasteiger partial charge in [0.1, 0.15) is 5.76 Å². The summed E-state index contributed by atoms with van der Waals surface area (Å²) in [5, 5.41) is 9.82. The van der Waals surface area contributed by atoms with E-state index in [9.17, 15) is 4.79 Å². The number of aliphatic imine (C=N–C) groups is 1. The van der Waals surface area contributed by atoms with Gasteiger partial charge in [0.15, 0.2) is 5.96 Å². The molecule has 0 radical (unpaired) electrons. The third kappa shape index (κ3) is 6.89. The maximum atomic E-state index is 12.0. The highest BCUT2D eigenvalue weighted by Crippen LogP contribution is 2.09. The molecule has 0 saturated carbocycles. The molecule has 2 aromatic rings. The number of hydrogen-bond acceptors (Lipinski definition) is 3. The molecule has 6 nitrogen and oxygen atoms in total. The van der Waals surface area contributed by atoms with Crippen molar-refractivity contribution >= 4 is 23.5 Å². The summed E-state index contributed by atoms with van der Waals surface area (Å²) < 4.78 is 5.28. The second kappa shape index (κ2) is 10.4. The fourth-order valence-electron chi connectivity index (χ4n) is 2.13. The van der Waals surface area contributed by atoms with Gasteiger partial charge < -0.3 is 20.4 Å². The molecule has 134 valence electrons. The van der Waals surface area contributed by atoms with Crippen molar-refractivity contribution < 1.29 is 9.21 Å². The average molecular weight is 363 g/mol. The molecule has 0 fully saturated rings. The van der Waals surface area contributed by atoms with Crippen LogP contribution in [0.4, 0.5) is 0 Å². The van der Waals surface area contributed by atoms with Crippen LogP contribution in [0.5, 0.6) is 0 Å². The lowest BCUT2D eigenvalue weighted by molar-refractivity contribution is 0.0954. The van der Waals surface area contributed by atoms with Gasteiger partial charge in [-0.15, -0.1) is 0 Å². The first-order valence-electron chi connectivity index (χ1n) is 8.27. The molecule has 3 N–H and O–H groups in total. The highest BCUT2D eigenvalue weighted by molar-refractivity contribution is 6.30. The first kappa shape index (κ1) is 18.9. The number of amides is 1. The molecule has 0 unspecified atom stereocenters. The number of halogens is 1. The minimum atomic E-state index is -0.127. The largest absolute Gasteiger partial charge is 0.469 e. The standard InChI is InChI=1S/C18H23ClN4O2/c1-2-20-18(22-10-9-16-4-3-13-25-16)23-12-11-21-17(24)14-5-7-15(19)8-6-14/h3-8,13H,2,9-12H2,1H3,(H,21,24)(H2,20,22,23). The van der Waals surface area contributed by atoms with Crippen LogP contribution in [0.3, 0.4) is 0 Å².